The monoisotopic (exact) mass is 654 g/mol. The van der Waals surface area contributed by atoms with E-state index in [0.717, 1.165) is 34.2 Å². The minimum atomic E-state index is -1.84. The third kappa shape index (κ3) is 12.5. The van der Waals surface area contributed by atoms with E-state index in [2.05, 4.69) is 186 Å². The molecular formula is C36H54N4Si4. The van der Waals surface area contributed by atoms with Gasteiger partial charge in [0.25, 0.3) is 0 Å². The van der Waals surface area contributed by atoms with E-state index < -0.39 is 32.6 Å². The summed E-state index contributed by atoms with van der Waals surface area (Å²) in [7, 11) is -6.79. The molecule has 3 aromatic carbocycles. The Labute approximate surface area is 271 Å². The summed E-state index contributed by atoms with van der Waals surface area (Å²) in [6.07, 6.45) is 0. The van der Waals surface area contributed by atoms with E-state index in [4.69, 9.17) is 9.32 Å². The lowest BCUT2D eigenvalue weighted by Crippen LogP contribution is -2.32. The first-order chi connectivity index (χ1) is 20.3. The Hall–Kier alpha value is -3.05. The van der Waals surface area contributed by atoms with E-state index in [1.54, 1.807) is 0 Å². The molecular weight excluding hydrogens is 601 g/mol. The van der Waals surface area contributed by atoms with Gasteiger partial charge in [-0.2, -0.15) is 0 Å². The first-order valence-corrected chi connectivity index (χ1v) is 29.7. The molecule has 0 aliphatic heterocycles. The first kappa shape index (κ1) is 35.4. The fourth-order valence-corrected chi connectivity index (χ4v) is 8.48. The maximum atomic E-state index is 5.37. The largest absolute Gasteiger partial charge is 0.341 e. The Morgan fingerprint density at radius 3 is 1.07 bits per heavy atom. The number of hydrogen-bond donors (Lipinski definition) is 2. The second kappa shape index (κ2) is 14.4. The van der Waals surface area contributed by atoms with Crippen LogP contribution in [0.25, 0.3) is 11.4 Å². The average Bonchev–Trinajstić information content (AvgIpc) is 2.89. The smallest absolute Gasteiger partial charge is 0.175 e. The third-order valence-corrected chi connectivity index (χ3v) is 10.2. The second-order valence-electron chi connectivity index (χ2n) is 15.7. The summed E-state index contributed by atoms with van der Waals surface area (Å²) in [6.45, 7) is 28.0. The molecule has 0 bridgehead atoms. The van der Waals surface area contributed by atoms with Gasteiger partial charge < -0.3 is 19.9 Å². The van der Waals surface area contributed by atoms with E-state index in [9.17, 15) is 0 Å². The lowest BCUT2D eigenvalue weighted by molar-refractivity contribution is 1.25. The molecule has 8 heteroatoms. The van der Waals surface area contributed by atoms with Crippen LogP contribution in [-0.4, -0.2) is 44.3 Å². The highest BCUT2D eigenvalue weighted by molar-refractivity contribution is 6.82. The lowest BCUT2D eigenvalue weighted by atomic mass is 10.1. The molecule has 234 valence electrons. The highest BCUT2D eigenvalue weighted by Crippen LogP contribution is 2.21. The zero-order valence-electron chi connectivity index (χ0n) is 29.1. The number of amidine groups is 2. The van der Waals surface area contributed by atoms with Gasteiger partial charge in [-0.1, -0.05) is 130 Å². The van der Waals surface area contributed by atoms with Crippen molar-refractivity contribution < 1.29 is 0 Å². The molecule has 0 radical (unpaired) electrons. The Balaban J connectivity index is 2.18. The standard InChI is InChI=1S/C36H54N4Si4/c1-41(2,3)27-33(29-20-15-13-16-21-29)37-35(39-43(7,8)9)31-24-19-25-32(26-31)36(40-44(10,11)12)38-34(28-42(4,5)6)30-22-17-14-18-23-30/h13-28H,1-12H3,(H,37,39)(H,38,40)/b33-27+,34-28+. The van der Waals surface area contributed by atoms with Crippen molar-refractivity contribution in [3.63, 3.8) is 0 Å². The molecule has 0 saturated carbocycles. The molecule has 0 unspecified atom stereocenters. The molecule has 4 nitrogen and oxygen atoms in total. The molecule has 0 atom stereocenters. The summed E-state index contributed by atoms with van der Waals surface area (Å²) in [5, 5.41) is 7.67. The van der Waals surface area contributed by atoms with Gasteiger partial charge in [-0.15, -0.1) is 0 Å². The van der Waals surface area contributed by atoms with Crippen LogP contribution in [0.1, 0.15) is 22.3 Å². The highest BCUT2D eigenvalue weighted by Gasteiger charge is 2.21. The molecule has 3 aromatic rings. The van der Waals surface area contributed by atoms with Crippen molar-refractivity contribution in [1.82, 2.24) is 10.6 Å². The van der Waals surface area contributed by atoms with Gasteiger partial charge in [-0.25, -0.2) is 0 Å². The molecule has 0 aliphatic rings. The Morgan fingerprint density at radius 2 is 0.773 bits per heavy atom. The predicted octanol–water partition coefficient (Wildman–Crippen LogP) is 9.87. The molecule has 0 spiro atoms. The van der Waals surface area contributed by atoms with Crippen molar-refractivity contribution in [2.75, 3.05) is 0 Å². The average molecular weight is 655 g/mol. The third-order valence-electron chi connectivity index (χ3n) is 6.13. The summed E-state index contributed by atoms with van der Waals surface area (Å²) < 4.78 is 10.7. The van der Waals surface area contributed by atoms with Crippen molar-refractivity contribution in [1.29, 1.82) is 0 Å². The minimum absolute atomic E-state index is 0.924. The van der Waals surface area contributed by atoms with E-state index in [0.29, 0.717) is 0 Å². The molecule has 0 aliphatic carbocycles. The molecule has 0 saturated heterocycles. The Bertz CT molecular complexity index is 1400. The van der Waals surface area contributed by atoms with Crippen LogP contribution in [0.3, 0.4) is 0 Å². The van der Waals surface area contributed by atoms with Crippen molar-refractivity contribution in [2.45, 2.75) is 78.6 Å². The van der Waals surface area contributed by atoms with Crippen LogP contribution >= 0.6 is 0 Å². The van der Waals surface area contributed by atoms with Gasteiger partial charge in [0.05, 0.1) is 16.1 Å². The maximum Gasteiger partial charge on any atom is 0.175 e. The number of rotatable bonds is 10. The summed E-state index contributed by atoms with van der Waals surface area (Å²) in [5.41, 5.74) is 11.7. The van der Waals surface area contributed by atoms with Crippen molar-refractivity contribution in [3.05, 3.63) is 119 Å². The quantitative estimate of drug-likeness (QED) is 0.130. The van der Waals surface area contributed by atoms with Crippen LogP contribution in [0.2, 0.25) is 78.6 Å². The molecule has 2 N–H and O–H groups in total. The van der Waals surface area contributed by atoms with Gasteiger partial charge in [-0.3, -0.25) is 0 Å². The highest BCUT2D eigenvalue weighted by atomic mass is 28.3. The molecule has 0 fully saturated rings. The topological polar surface area (TPSA) is 48.8 Å². The molecule has 3 rings (SSSR count). The summed E-state index contributed by atoms with van der Waals surface area (Å²) in [4.78, 5) is 0. The SMILES string of the molecule is C[Si](C)(C)/C=C(/NC(=N[Si](C)(C)C)c1cccc(C(=N[Si](C)(C)C)N/C(=C/[Si](C)(C)C)c2ccccc2)c1)c1ccccc1. The zero-order valence-corrected chi connectivity index (χ0v) is 33.1. The normalized spacial score (nSPS) is 14.5. The molecule has 0 amide bonds. The van der Waals surface area contributed by atoms with Crippen LogP contribution in [0.4, 0.5) is 0 Å². The van der Waals surface area contributed by atoms with Crippen molar-refractivity contribution in [2.24, 2.45) is 9.32 Å². The number of nitrogens with zero attached hydrogens (tertiary/aromatic N) is 2. The van der Waals surface area contributed by atoms with E-state index in [-0.39, 0.29) is 0 Å². The number of benzene rings is 3. The zero-order chi connectivity index (χ0) is 32.8. The molecule has 44 heavy (non-hydrogen) atoms. The van der Waals surface area contributed by atoms with Crippen LogP contribution < -0.4 is 10.6 Å². The van der Waals surface area contributed by atoms with Crippen LogP contribution in [0.15, 0.2) is 106 Å². The van der Waals surface area contributed by atoms with Crippen LogP contribution in [0, 0.1) is 0 Å². The van der Waals surface area contributed by atoms with Gasteiger partial charge in [-0.05, 0) is 56.5 Å². The van der Waals surface area contributed by atoms with E-state index >= 15 is 0 Å². The Kier molecular flexibility index (Phi) is 11.6. The van der Waals surface area contributed by atoms with Gasteiger partial charge in [0, 0.05) is 22.5 Å². The maximum absolute atomic E-state index is 5.37. The predicted molar refractivity (Wildman–Crippen MR) is 208 cm³/mol. The second-order valence-corrected chi connectivity index (χ2v) is 34.8. The van der Waals surface area contributed by atoms with Crippen molar-refractivity contribution in [3.8, 4) is 0 Å². The van der Waals surface area contributed by atoms with E-state index in [1.807, 2.05) is 0 Å². The first-order valence-electron chi connectivity index (χ1n) is 15.7. The minimum Gasteiger partial charge on any atom is -0.341 e. The Morgan fingerprint density at radius 1 is 0.455 bits per heavy atom. The fraction of sp³-hybridized carbons (Fsp3) is 0.333. The molecule has 0 aromatic heterocycles. The van der Waals surface area contributed by atoms with Crippen molar-refractivity contribution >= 4 is 55.7 Å². The van der Waals surface area contributed by atoms with Gasteiger partial charge in [0.15, 0.2) is 16.5 Å². The number of nitrogens with one attached hydrogen (secondary N) is 2. The lowest BCUT2D eigenvalue weighted by Gasteiger charge is -2.23. The fourth-order valence-electron chi connectivity index (χ4n) is 4.55. The van der Waals surface area contributed by atoms with Crippen LogP contribution in [0.5, 0.6) is 0 Å². The summed E-state index contributed by atoms with van der Waals surface area (Å²) in [5.74, 6) is 1.85. The summed E-state index contributed by atoms with van der Waals surface area (Å²) in [6, 6.07) is 30.0. The van der Waals surface area contributed by atoms with Gasteiger partial charge >= 0.3 is 0 Å². The van der Waals surface area contributed by atoms with Crippen LogP contribution in [-0.2, 0) is 0 Å². The van der Waals surface area contributed by atoms with Gasteiger partial charge in [0.1, 0.15) is 11.7 Å². The van der Waals surface area contributed by atoms with Gasteiger partial charge in [0.2, 0.25) is 0 Å². The molecule has 0 heterocycles. The summed E-state index contributed by atoms with van der Waals surface area (Å²) >= 11 is 0. The number of hydrogen-bond acceptors (Lipinski definition) is 2. The van der Waals surface area contributed by atoms with E-state index in [1.165, 1.54) is 11.1 Å².